The summed E-state index contributed by atoms with van der Waals surface area (Å²) in [7, 11) is 1.59. The number of carbonyl (C=O) groups excluding carboxylic acids is 2. The Labute approximate surface area is 246 Å². The van der Waals surface area contributed by atoms with Gasteiger partial charge in [0.05, 0.1) is 29.8 Å². The van der Waals surface area contributed by atoms with E-state index in [-0.39, 0.29) is 30.2 Å². The standard InChI is InChI=1S/C30H34F4N6O3/c1-29(2,17-41)18-43-28(42)39-9-5-8-25(24-13-21-6-4-7-22(21)14-26(24)39)40(27-35-37-38(3)36-27)16-20-10-19(15-31)11-23(12-20)30(32,33)34/h10-14,17,25H,4-9,15-16,18H2,1-3H3. The number of aromatic nitrogens is 4. The van der Waals surface area contributed by atoms with Crippen molar-refractivity contribution in [1.82, 2.24) is 20.2 Å². The number of anilines is 2. The van der Waals surface area contributed by atoms with Gasteiger partial charge in [0.2, 0.25) is 0 Å². The third-order valence-electron chi connectivity index (χ3n) is 7.88. The molecule has 2 aromatic carbocycles. The van der Waals surface area contributed by atoms with Gasteiger partial charge in [-0.3, -0.25) is 4.90 Å². The lowest BCUT2D eigenvalue weighted by Crippen LogP contribution is -2.35. The summed E-state index contributed by atoms with van der Waals surface area (Å²) in [6, 6.07) is 6.85. The SMILES string of the molecule is Cn1nnc(N(Cc2cc(CF)cc(C(F)(F)F)c2)C2CCCN(C(=O)OCC(C)(C)C=O)c3cc4c(cc32)CCC4)n1. The molecule has 0 radical (unpaired) electrons. The Balaban J connectivity index is 1.58. The van der Waals surface area contributed by atoms with Crippen LogP contribution in [0.15, 0.2) is 30.3 Å². The third kappa shape index (κ3) is 6.65. The number of nitrogens with zero attached hydrogens (tertiary/aromatic N) is 6. The molecule has 0 N–H and O–H groups in total. The number of hydrogen-bond donors (Lipinski definition) is 0. The topological polar surface area (TPSA) is 93.5 Å². The number of carbonyl (C=O) groups is 2. The highest BCUT2D eigenvalue weighted by Crippen LogP contribution is 2.42. The normalized spacial score (nSPS) is 16.8. The zero-order valence-electron chi connectivity index (χ0n) is 24.3. The Morgan fingerprint density at radius 2 is 1.81 bits per heavy atom. The average Bonchev–Trinajstić information content (AvgIpc) is 3.57. The van der Waals surface area contributed by atoms with Crippen LogP contribution in [0.4, 0.5) is 34.0 Å². The predicted octanol–water partition coefficient (Wildman–Crippen LogP) is 5.90. The predicted molar refractivity (Wildman–Crippen MR) is 150 cm³/mol. The van der Waals surface area contributed by atoms with E-state index in [1.165, 1.54) is 10.9 Å². The number of ether oxygens (including phenoxy) is 1. The van der Waals surface area contributed by atoms with Gasteiger partial charge in [0.15, 0.2) is 0 Å². The number of aryl methyl sites for hydroxylation is 3. The highest BCUT2D eigenvalue weighted by atomic mass is 19.4. The number of halogens is 4. The zero-order chi connectivity index (χ0) is 30.9. The molecule has 2 heterocycles. The number of aldehydes is 1. The fraction of sp³-hybridized carbons (Fsp3) is 0.500. The van der Waals surface area contributed by atoms with Gasteiger partial charge >= 0.3 is 12.3 Å². The summed E-state index contributed by atoms with van der Waals surface area (Å²) in [4.78, 5) is 29.4. The second kappa shape index (κ2) is 11.9. The number of alkyl halides is 4. The van der Waals surface area contributed by atoms with Crippen LogP contribution in [-0.4, -0.2) is 45.7 Å². The van der Waals surface area contributed by atoms with Gasteiger partial charge in [-0.1, -0.05) is 17.2 Å². The van der Waals surface area contributed by atoms with E-state index in [4.69, 9.17) is 4.74 Å². The van der Waals surface area contributed by atoms with Gasteiger partial charge in [-0.25, -0.2) is 9.18 Å². The van der Waals surface area contributed by atoms with Crippen molar-refractivity contribution >= 4 is 24.0 Å². The lowest BCUT2D eigenvalue weighted by molar-refractivity contribution is -0.137. The van der Waals surface area contributed by atoms with E-state index in [2.05, 4.69) is 21.5 Å². The number of benzene rings is 2. The van der Waals surface area contributed by atoms with E-state index in [0.29, 0.717) is 25.1 Å². The molecule has 0 saturated carbocycles. The minimum atomic E-state index is -4.65. The van der Waals surface area contributed by atoms with Crippen molar-refractivity contribution in [2.24, 2.45) is 12.5 Å². The fourth-order valence-electron chi connectivity index (χ4n) is 5.72. The summed E-state index contributed by atoms with van der Waals surface area (Å²) in [6.07, 6.45) is -0.744. The molecule has 0 fully saturated rings. The van der Waals surface area contributed by atoms with Crippen molar-refractivity contribution in [3.8, 4) is 0 Å². The van der Waals surface area contributed by atoms with Gasteiger partial charge in [0.1, 0.15) is 19.6 Å². The van der Waals surface area contributed by atoms with E-state index < -0.39 is 36.0 Å². The van der Waals surface area contributed by atoms with Crippen LogP contribution in [-0.2, 0) is 48.8 Å². The summed E-state index contributed by atoms with van der Waals surface area (Å²) >= 11 is 0. The largest absolute Gasteiger partial charge is 0.448 e. The smallest absolute Gasteiger partial charge is 0.416 e. The molecular formula is C30H34F4N6O3. The molecule has 0 saturated heterocycles. The van der Waals surface area contributed by atoms with Gasteiger partial charge in [0.25, 0.3) is 5.95 Å². The summed E-state index contributed by atoms with van der Waals surface area (Å²) in [5, 5.41) is 12.5. The quantitative estimate of drug-likeness (QED) is 0.234. The van der Waals surface area contributed by atoms with Crippen LogP contribution in [0, 0.1) is 5.41 Å². The van der Waals surface area contributed by atoms with E-state index in [0.717, 1.165) is 54.4 Å². The monoisotopic (exact) mass is 602 g/mol. The molecule has 1 amide bonds. The first-order chi connectivity index (χ1) is 20.4. The molecule has 1 aliphatic heterocycles. The van der Waals surface area contributed by atoms with Crippen molar-refractivity contribution < 1.29 is 31.9 Å². The van der Waals surface area contributed by atoms with Crippen molar-refractivity contribution in [2.75, 3.05) is 23.0 Å². The van der Waals surface area contributed by atoms with Crippen LogP contribution < -0.4 is 9.80 Å². The Morgan fingerprint density at radius 1 is 1.09 bits per heavy atom. The molecule has 43 heavy (non-hydrogen) atoms. The van der Waals surface area contributed by atoms with E-state index in [9.17, 15) is 27.2 Å². The molecule has 0 spiro atoms. The number of fused-ring (bicyclic) bond motifs is 2. The molecule has 1 atom stereocenters. The molecule has 0 bridgehead atoms. The molecule has 1 unspecified atom stereocenters. The van der Waals surface area contributed by atoms with Gasteiger partial charge in [-0.2, -0.15) is 18.0 Å². The van der Waals surface area contributed by atoms with Crippen molar-refractivity contribution in [3.05, 3.63) is 63.7 Å². The van der Waals surface area contributed by atoms with Gasteiger partial charge in [0, 0.05) is 13.1 Å². The molecule has 5 rings (SSSR count). The van der Waals surface area contributed by atoms with E-state index in [1.54, 1.807) is 30.7 Å². The first-order valence-corrected chi connectivity index (χ1v) is 14.2. The maximum atomic E-state index is 13.7. The van der Waals surface area contributed by atoms with E-state index in [1.807, 2.05) is 6.07 Å². The highest BCUT2D eigenvalue weighted by molar-refractivity contribution is 5.89. The van der Waals surface area contributed by atoms with Crippen molar-refractivity contribution in [1.29, 1.82) is 0 Å². The second-order valence-electron chi connectivity index (χ2n) is 11.9. The summed E-state index contributed by atoms with van der Waals surface area (Å²) in [5.41, 5.74) is 2.08. The molecular weight excluding hydrogens is 568 g/mol. The molecule has 13 heteroatoms. The maximum absolute atomic E-state index is 13.7. The van der Waals surface area contributed by atoms with Crippen LogP contribution in [0.3, 0.4) is 0 Å². The van der Waals surface area contributed by atoms with Gasteiger partial charge in [-0.15, -0.1) is 5.10 Å². The Hall–Kier alpha value is -4.03. The first kappa shape index (κ1) is 30.4. The average molecular weight is 603 g/mol. The Bertz CT molecular complexity index is 1510. The number of rotatable bonds is 8. The third-order valence-corrected chi connectivity index (χ3v) is 7.88. The summed E-state index contributed by atoms with van der Waals surface area (Å²) in [6.45, 7) is 2.51. The summed E-state index contributed by atoms with van der Waals surface area (Å²) in [5.74, 6) is 0.196. The molecule has 3 aromatic rings. The Kier molecular flexibility index (Phi) is 8.44. The van der Waals surface area contributed by atoms with Crippen molar-refractivity contribution in [3.63, 3.8) is 0 Å². The van der Waals surface area contributed by atoms with Gasteiger partial charge < -0.3 is 14.4 Å². The van der Waals surface area contributed by atoms with Crippen LogP contribution >= 0.6 is 0 Å². The van der Waals surface area contributed by atoms with Crippen LogP contribution in [0.25, 0.3) is 0 Å². The fourth-order valence-corrected chi connectivity index (χ4v) is 5.72. The second-order valence-corrected chi connectivity index (χ2v) is 11.9. The number of amides is 1. The minimum Gasteiger partial charge on any atom is -0.448 e. The lowest BCUT2D eigenvalue weighted by atomic mass is 9.95. The van der Waals surface area contributed by atoms with Crippen molar-refractivity contribution in [2.45, 2.75) is 71.4 Å². The van der Waals surface area contributed by atoms with Gasteiger partial charge in [-0.05, 0) is 97.2 Å². The minimum absolute atomic E-state index is 0.0538. The first-order valence-electron chi connectivity index (χ1n) is 14.2. The molecule has 9 nitrogen and oxygen atoms in total. The highest BCUT2D eigenvalue weighted by Gasteiger charge is 2.36. The van der Waals surface area contributed by atoms with Crippen LogP contribution in [0.1, 0.15) is 72.5 Å². The molecule has 230 valence electrons. The lowest BCUT2D eigenvalue weighted by Gasteiger charge is -2.32. The zero-order valence-corrected chi connectivity index (χ0v) is 24.3. The molecule has 1 aromatic heterocycles. The number of tetrazole rings is 1. The molecule has 2 aliphatic rings. The number of hydrogen-bond acceptors (Lipinski definition) is 7. The van der Waals surface area contributed by atoms with Crippen LogP contribution in [0.5, 0.6) is 0 Å². The Morgan fingerprint density at radius 3 is 2.47 bits per heavy atom. The molecule has 1 aliphatic carbocycles. The maximum Gasteiger partial charge on any atom is 0.416 e. The van der Waals surface area contributed by atoms with E-state index >= 15 is 0 Å². The summed E-state index contributed by atoms with van der Waals surface area (Å²) < 4.78 is 60.4. The van der Waals surface area contributed by atoms with Crippen LogP contribution in [0.2, 0.25) is 0 Å².